The Morgan fingerprint density at radius 3 is 2.81 bits per heavy atom. The lowest BCUT2D eigenvalue weighted by Crippen LogP contribution is -2.43. The number of alkyl halides is 3. The number of piperidine rings is 1. The molecule has 4 rings (SSSR count). The van der Waals surface area contributed by atoms with Crippen LogP contribution in [0.3, 0.4) is 0 Å². The lowest BCUT2D eigenvalue weighted by molar-refractivity contribution is -0.137. The summed E-state index contributed by atoms with van der Waals surface area (Å²) in [6, 6.07) is 0.954. The SMILES string of the molecule is Cc1cc(C(F)(F)F)cnc1C(=O)Nc1c[nH]c2ncc(Br)c(N3CCC[C@@H](N)C3)c12. The number of nitrogens with zero attached hydrogens (tertiary/aromatic N) is 3. The molecule has 0 bridgehead atoms. The van der Waals surface area contributed by atoms with Crippen LogP contribution < -0.4 is 16.0 Å². The number of halogens is 4. The van der Waals surface area contributed by atoms with Crippen LogP contribution in [-0.2, 0) is 6.18 Å². The van der Waals surface area contributed by atoms with Crippen LogP contribution in [0.1, 0.15) is 34.5 Å². The maximum Gasteiger partial charge on any atom is 0.417 e. The van der Waals surface area contributed by atoms with Crippen molar-refractivity contribution in [2.24, 2.45) is 5.73 Å². The number of aryl methyl sites for hydroxylation is 1. The number of aromatic amines is 1. The number of hydrogen-bond donors (Lipinski definition) is 3. The minimum Gasteiger partial charge on any atom is -0.368 e. The van der Waals surface area contributed by atoms with Crippen LogP contribution in [0.15, 0.2) is 29.1 Å². The van der Waals surface area contributed by atoms with E-state index < -0.39 is 17.6 Å². The molecule has 31 heavy (non-hydrogen) atoms. The summed E-state index contributed by atoms with van der Waals surface area (Å²) in [4.78, 5) is 26.1. The fraction of sp³-hybridized carbons (Fsp3) is 0.350. The van der Waals surface area contributed by atoms with Gasteiger partial charge in [-0.25, -0.2) is 4.98 Å². The normalized spacial score (nSPS) is 17.2. The van der Waals surface area contributed by atoms with Crippen LogP contribution in [0.5, 0.6) is 0 Å². The molecule has 0 aliphatic carbocycles. The molecule has 1 fully saturated rings. The average molecular weight is 497 g/mol. The van der Waals surface area contributed by atoms with Gasteiger partial charge < -0.3 is 20.9 Å². The van der Waals surface area contributed by atoms with Crippen LogP contribution in [0, 0.1) is 6.92 Å². The molecule has 1 amide bonds. The first-order chi connectivity index (χ1) is 14.6. The van der Waals surface area contributed by atoms with Crippen LogP contribution in [0.25, 0.3) is 11.0 Å². The van der Waals surface area contributed by atoms with Crippen molar-refractivity contribution >= 4 is 44.2 Å². The van der Waals surface area contributed by atoms with Crippen molar-refractivity contribution in [3.8, 4) is 0 Å². The fourth-order valence-corrected chi connectivity index (χ4v) is 4.38. The highest BCUT2D eigenvalue weighted by atomic mass is 79.9. The Kier molecular flexibility index (Phi) is 5.65. The van der Waals surface area contributed by atoms with E-state index in [1.54, 1.807) is 12.4 Å². The predicted octanol–water partition coefficient (Wildman–Crippen LogP) is 4.23. The van der Waals surface area contributed by atoms with E-state index in [-0.39, 0.29) is 17.3 Å². The van der Waals surface area contributed by atoms with E-state index in [0.29, 0.717) is 29.5 Å². The van der Waals surface area contributed by atoms with Gasteiger partial charge in [-0.15, -0.1) is 0 Å². The summed E-state index contributed by atoms with van der Waals surface area (Å²) in [7, 11) is 0. The summed E-state index contributed by atoms with van der Waals surface area (Å²) in [5, 5.41) is 3.46. The Morgan fingerprint density at radius 2 is 2.13 bits per heavy atom. The topological polar surface area (TPSA) is 99.9 Å². The lowest BCUT2D eigenvalue weighted by atomic mass is 10.1. The quantitative estimate of drug-likeness (QED) is 0.503. The number of nitrogens with two attached hydrogens (primary N) is 1. The summed E-state index contributed by atoms with van der Waals surface area (Å²) >= 11 is 3.55. The number of pyridine rings is 2. The molecule has 1 aliphatic heterocycles. The van der Waals surface area contributed by atoms with Gasteiger partial charge in [0.15, 0.2) is 0 Å². The molecular weight excluding hydrogens is 477 g/mol. The molecule has 0 unspecified atom stereocenters. The minimum absolute atomic E-state index is 0.0415. The maximum absolute atomic E-state index is 12.9. The molecule has 4 N–H and O–H groups in total. The second kappa shape index (κ2) is 8.12. The van der Waals surface area contributed by atoms with E-state index >= 15 is 0 Å². The standard InChI is InChI=1S/C20H20BrF3N6O/c1-10-5-11(20(22,23)24)6-26-16(10)19(31)29-14-8-28-18-15(14)17(13(21)7-27-18)30-4-2-3-12(25)9-30/h5-8,12H,2-4,9,25H2,1H3,(H,27,28)(H,29,31)/t12-/m1/s1. The average Bonchev–Trinajstić information content (AvgIpc) is 3.09. The number of H-pyrrole nitrogens is 1. The molecule has 164 valence electrons. The third-order valence-electron chi connectivity index (χ3n) is 5.27. The number of hydrogen-bond acceptors (Lipinski definition) is 5. The zero-order valence-electron chi connectivity index (χ0n) is 16.6. The van der Waals surface area contributed by atoms with Gasteiger partial charge >= 0.3 is 6.18 Å². The second-order valence-electron chi connectivity index (χ2n) is 7.57. The molecule has 11 heteroatoms. The molecule has 4 heterocycles. The van der Waals surface area contributed by atoms with Gasteiger partial charge in [-0.05, 0) is 47.3 Å². The molecule has 0 saturated carbocycles. The van der Waals surface area contributed by atoms with Crippen LogP contribution in [-0.4, -0.2) is 40.0 Å². The monoisotopic (exact) mass is 496 g/mol. The van der Waals surface area contributed by atoms with Gasteiger partial charge in [-0.2, -0.15) is 13.2 Å². The Morgan fingerprint density at radius 1 is 1.35 bits per heavy atom. The summed E-state index contributed by atoms with van der Waals surface area (Å²) in [5.41, 5.74) is 7.20. The third-order valence-corrected chi connectivity index (χ3v) is 5.85. The molecule has 3 aromatic heterocycles. The van der Waals surface area contributed by atoms with Gasteiger partial charge in [-0.3, -0.25) is 9.78 Å². The molecule has 0 aromatic carbocycles. The first-order valence-corrected chi connectivity index (χ1v) is 10.5. The first kappa shape index (κ1) is 21.6. The maximum atomic E-state index is 12.9. The number of amides is 1. The highest BCUT2D eigenvalue weighted by Crippen LogP contribution is 2.39. The molecule has 1 aliphatic rings. The molecule has 1 atom stereocenters. The Labute approximate surface area is 184 Å². The summed E-state index contributed by atoms with van der Waals surface area (Å²) in [5.74, 6) is -0.603. The van der Waals surface area contributed by atoms with E-state index in [4.69, 9.17) is 5.73 Å². The molecule has 1 saturated heterocycles. The summed E-state index contributed by atoms with van der Waals surface area (Å²) in [6.45, 7) is 2.89. The largest absolute Gasteiger partial charge is 0.417 e. The van der Waals surface area contributed by atoms with Crippen molar-refractivity contribution in [1.29, 1.82) is 0 Å². The van der Waals surface area contributed by atoms with Gasteiger partial charge in [0.05, 0.1) is 26.8 Å². The van der Waals surface area contributed by atoms with E-state index in [9.17, 15) is 18.0 Å². The number of anilines is 2. The van der Waals surface area contributed by atoms with E-state index in [1.165, 1.54) is 6.92 Å². The molecule has 0 radical (unpaired) electrons. The number of fused-ring (bicyclic) bond motifs is 1. The van der Waals surface area contributed by atoms with Gasteiger partial charge in [0, 0.05) is 37.7 Å². The zero-order valence-corrected chi connectivity index (χ0v) is 18.1. The van der Waals surface area contributed by atoms with Gasteiger partial charge in [0.2, 0.25) is 0 Å². The summed E-state index contributed by atoms with van der Waals surface area (Å²) < 4.78 is 39.4. The number of aromatic nitrogens is 3. The van der Waals surface area contributed by atoms with Crippen molar-refractivity contribution in [2.45, 2.75) is 32.0 Å². The number of nitrogens with one attached hydrogen (secondary N) is 2. The van der Waals surface area contributed by atoms with Gasteiger partial charge in [0.25, 0.3) is 5.91 Å². The second-order valence-corrected chi connectivity index (χ2v) is 8.42. The molecular formula is C20H20BrF3N6O. The van der Waals surface area contributed by atoms with Crippen molar-refractivity contribution in [3.05, 3.63) is 46.0 Å². The van der Waals surface area contributed by atoms with E-state index in [2.05, 4.69) is 41.1 Å². The Balaban J connectivity index is 1.69. The van der Waals surface area contributed by atoms with Crippen LogP contribution in [0.4, 0.5) is 24.5 Å². The highest BCUT2D eigenvalue weighted by molar-refractivity contribution is 9.10. The minimum atomic E-state index is -4.52. The van der Waals surface area contributed by atoms with Crippen molar-refractivity contribution in [2.75, 3.05) is 23.3 Å². The van der Waals surface area contributed by atoms with Crippen molar-refractivity contribution in [3.63, 3.8) is 0 Å². The van der Waals surface area contributed by atoms with Gasteiger partial charge in [0.1, 0.15) is 11.3 Å². The smallest absolute Gasteiger partial charge is 0.368 e. The van der Waals surface area contributed by atoms with E-state index in [1.807, 2.05) is 0 Å². The highest BCUT2D eigenvalue weighted by Gasteiger charge is 2.32. The lowest BCUT2D eigenvalue weighted by Gasteiger charge is -2.33. The Hall–Kier alpha value is -2.66. The van der Waals surface area contributed by atoms with Crippen LogP contribution >= 0.6 is 15.9 Å². The van der Waals surface area contributed by atoms with Crippen LogP contribution in [0.2, 0.25) is 0 Å². The number of rotatable bonds is 3. The zero-order chi connectivity index (χ0) is 22.3. The predicted molar refractivity (Wildman–Crippen MR) is 115 cm³/mol. The third kappa shape index (κ3) is 4.24. The first-order valence-electron chi connectivity index (χ1n) is 9.66. The molecule has 3 aromatic rings. The van der Waals surface area contributed by atoms with E-state index in [0.717, 1.165) is 35.6 Å². The van der Waals surface area contributed by atoms with Crippen molar-refractivity contribution < 1.29 is 18.0 Å². The Bertz CT molecular complexity index is 1150. The van der Waals surface area contributed by atoms with Gasteiger partial charge in [-0.1, -0.05) is 0 Å². The number of carbonyl (C=O) groups is 1. The summed E-state index contributed by atoms with van der Waals surface area (Å²) in [6.07, 6.45) is 1.31. The fourth-order valence-electron chi connectivity index (χ4n) is 3.83. The number of carbonyl (C=O) groups excluding carboxylic acids is 1. The van der Waals surface area contributed by atoms with Crippen molar-refractivity contribution in [1.82, 2.24) is 15.0 Å². The molecule has 0 spiro atoms. The molecule has 7 nitrogen and oxygen atoms in total.